The molecule has 28 heteroatoms. The maximum Gasteiger partial charge on any atom is 0.307 e. The van der Waals surface area contributed by atoms with Gasteiger partial charge in [0, 0.05) is 42.4 Å². The summed E-state index contributed by atoms with van der Waals surface area (Å²) < 4.78 is 87.0. The Morgan fingerprint density at radius 3 is 1.99 bits per heavy atom. The van der Waals surface area contributed by atoms with Gasteiger partial charge in [-0.15, -0.1) is 20.5 Å². The third-order valence-corrected chi connectivity index (χ3v) is 17.7. The van der Waals surface area contributed by atoms with Crippen LogP contribution in [0.5, 0.6) is 11.5 Å². The van der Waals surface area contributed by atoms with Gasteiger partial charge in [-0.25, -0.2) is 0 Å². The number of nitrogens with one attached hydrogen (secondary N) is 2. The zero-order valence-corrected chi connectivity index (χ0v) is 41.9. The van der Waals surface area contributed by atoms with E-state index in [-0.39, 0.29) is 41.8 Å². The molecule has 3 aromatic carbocycles. The van der Waals surface area contributed by atoms with E-state index in [2.05, 4.69) is 62.6 Å². The minimum Gasteiger partial charge on any atom is -0.494 e. The summed E-state index contributed by atoms with van der Waals surface area (Å²) in [5.41, 5.74) is 5.44. The average Bonchev–Trinajstić information content (AvgIpc) is 4.09. The van der Waals surface area contributed by atoms with E-state index in [1.807, 2.05) is 56.3 Å². The van der Waals surface area contributed by atoms with E-state index < -0.39 is 20.2 Å². The minimum absolute atomic E-state index is 0.0712. The molecule has 6 heterocycles. The molecule has 0 saturated carbocycles. The van der Waals surface area contributed by atoms with Gasteiger partial charge >= 0.3 is 20.2 Å². The Labute approximate surface area is 408 Å². The molecule has 21 nitrogen and oxygen atoms in total. The van der Waals surface area contributed by atoms with Crippen LogP contribution in [-0.2, 0) is 26.0 Å². The Kier molecular flexibility index (Phi) is 13.3. The summed E-state index contributed by atoms with van der Waals surface area (Å²) in [4.78, 5) is 19.4. The molecule has 0 spiro atoms. The van der Waals surface area contributed by atoms with Crippen LogP contribution in [0, 0.1) is 0 Å². The van der Waals surface area contributed by atoms with Gasteiger partial charge in [0.05, 0.1) is 36.4 Å². The lowest BCUT2D eigenvalue weighted by molar-refractivity contribution is 0.406. The predicted octanol–water partition coefficient (Wildman–Crippen LogP) is 11.7. The number of rotatable bonds is 14. The number of hydrogen-bond acceptors (Lipinski definition) is 24. The van der Waals surface area contributed by atoms with Crippen LogP contribution in [0.1, 0.15) is 26.3 Å². The summed E-state index contributed by atoms with van der Waals surface area (Å²) >= 11 is 4.95. The van der Waals surface area contributed by atoms with Gasteiger partial charge in [-0.05, 0) is 97.9 Å². The molecule has 68 heavy (non-hydrogen) atoms. The van der Waals surface area contributed by atoms with Gasteiger partial charge in [-0.3, -0.25) is 9.11 Å². The molecule has 1 aliphatic rings. The van der Waals surface area contributed by atoms with Crippen LogP contribution < -0.4 is 29.9 Å². The lowest BCUT2D eigenvalue weighted by Crippen LogP contribution is -2.21. The van der Waals surface area contributed by atoms with Gasteiger partial charge in [-0.1, -0.05) is 46.6 Å². The topological polar surface area (TPSA) is 272 Å². The Balaban J connectivity index is 1.13. The van der Waals surface area contributed by atoms with Crippen molar-refractivity contribution >= 4 is 160 Å². The second-order valence-electron chi connectivity index (χ2n) is 14.3. The number of fused-ring (bicyclic) bond motifs is 8. The fourth-order valence-electron chi connectivity index (χ4n) is 7.21. The van der Waals surface area contributed by atoms with Gasteiger partial charge in [0.15, 0.2) is 35.1 Å². The second-order valence-corrected chi connectivity index (χ2v) is 22.0. The van der Waals surface area contributed by atoms with E-state index in [4.69, 9.17) is 24.4 Å². The minimum atomic E-state index is -4.60. The molecule has 0 unspecified atom stereocenters. The standard InChI is InChI=1S/C40H37N13O8S7/c1-6-52(7-2)21-12-14-24(46-48-32-28-30(60-4)36(67(54,55)56)63-34(28)50-65-32)26(17-21)41-38-43-39-42-27-18-23(53(8-3)22-11-9-10-20(16-22)19-62-40(44-38)45-39)13-15-25(27)47-49-33-29-31(61-5)37(68(57,58)59)64-35(29)51-66-33/h9-18H,6-8,19H2,1-5H3,(H,54,55,56)(H,57,58,59)(H2,41,42,43,44,45)/b48-46+,49-47+. The van der Waals surface area contributed by atoms with Gasteiger partial charge in [0.2, 0.25) is 11.9 Å². The maximum absolute atomic E-state index is 12.2. The van der Waals surface area contributed by atoms with E-state index in [1.165, 1.54) is 26.0 Å². The number of methoxy groups -OCH3 is 2. The predicted molar refractivity (Wildman–Crippen MR) is 268 cm³/mol. The maximum atomic E-state index is 12.2. The number of benzene rings is 3. The monoisotopic (exact) mass is 1050 g/mol. The first-order chi connectivity index (χ1) is 32.7. The molecule has 352 valence electrons. The van der Waals surface area contributed by atoms with E-state index in [0.717, 1.165) is 81.5 Å². The van der Waals surface area contributed by atoms with Crippen LogP contribution in [0.3, 0.4) is 0 Å². The van der Waals surface area contributed by atoms with Crippen LogP contribution in [0.15, 0.2) is 94.7 Å². The highest BCUT2D eigenvalue weighted by atomic mass is 32.3. The molecule has 0 fully saturated rings. The molecular formula is C40H37N13O8S7. The van der Waals surface area contributed by atoms with Crippen molar-refractivity contribution in [3.63, 3.8) is 0 Å². The van der Waals surface area contributed by atoms with Crippen molar-refractivity contribution in [3.8, 4) is 11.5 Å². The third-order valence-electron chi connectivity index (χ3n) is 10.3. The number of aromatic nitrogens is 5. The molecule has 1 aliphatic heterocycles. The summed E-state index contributed by atoms with van der Waals surface area (Å²) in [7, 11) is -6.60. The van der Waals surface area contributed by atoms with Gasteiger partial charge in [0.1, 0.15) is 21.0 Å². The van der Waals surface area contributed by atoms with E-state index >= 15 is 0 Å². The second kappa shape index (κ2) is 19.2. The van der Waals surface area contributed by atoms with Crippen molar-refractivity contribution in [2.75, 3.05) is 54.3 Å². The summed E-state index contributed by atoms with van der Waals surface area (Å²) in [5.74, 6) is 0.721. The molecule has 8 aromatic rings. The zero-order valence-electron chi connectivity index (χ0n) is 36.2. The number of azo groups is 2. The first kappa shape index (κ1) is 47.1. The van der Waals surface area contributed by atoms with Crippen molar-refractivity contribution in [2.24, 2.45) is 20.5 Å². The largest absolute Gasteiger partial charge is 0.494 e. The summed E-state index contributed by atoms with van der Waals surface area (Å²) in [6, 6.07) is 19.4. The third kappa shape index (κ3) is 9.41. The Bertz CT molecular complexity index is 3520. The van der Waals surface area contributed by atoms with Crippen LogP contribution in [-0.4, -0.2) is 83.5 Å². The first-order valence-electron chi connectivity index (χ1n) is 20.2. The van der Waals surface area contributed by atoms with Crippen LogP contribution in [0.2, 0.25) is 0 Å². The normalized spacial score (nSPS) is 13.2. The Morgan fingerprint density at radius 2 is 1.38 bits per heavy atom. The number of hydrogen-bond donors (Lipinski definition) is 4. The van der Waals surface area contributed by atoms with Gasteiger partial charge in [0.25, 0.3) is 0 Å². The number of nitrogens with zero attached hydrogens (tertiary/aromatic N) is 11. The molecule has 0 amide bonds. The molecule has 0 aliphatic carbocycles. The van der Waals surface area contributed by atoms with Crippen LogP contribution in [0.25, 0.3) is 20.4 Å². The van der Waals surface area contributed by atoms with E-state index in [1.54, 1.807) is 12.1 Å². The SMILES string of the molecule is CCN(CC)c1ccc(/N=N/c2snc3sc(S(=O)(=O)O)c(OC)c23)c(Nc2nc3nc(n2)SCc2cccc(c2)N(CC)c2ccc(/N=N/c4snc5sc(S(=O)(=O)O)c(OC)c45)c(c2)N3)c1. The molecule has 6 bridgehead atoms. The van der Waals surface area contributed by atoms with Crippen LogP contribution in [0.4, 0.5) is 61.7 Å². The molecule has 0 radical (unpaired) electrons. The van der Waals surface area contributed by atoms with Crippen LogP contribution >= 0.6 is 57.5 Å². The highest BCUT2D eigenvalue weighted by Crippen LogP contribution is 2.49. The first-order valence-corrected chi connectivity index (χ1v) is 27.3. The lowest BCUT2D eigenvalue weighted by Gasteiger charge is -2.25. The molecule has 5 aromatic heterocycles. The van der Waals surface area contributed by atoms with E-state index in [9.17, 15) is 25.9 Å². The van der Waals surface area contributed by atoms with Crippen molar-refractivity contribution < 1.29 is 35.4 Å². The van der Waals surface area contributed by atoms with E-state index in [0.29, 0.717) is 60.6 Å². The molecular weight excluding hydrogens is 1010 g/mol. The van der Waals surface area contributed by atoms with Crippen molar-refractivity contribution in [1.82, 2.24) is 23.7 Å². The number of thiophene rings is 2. The summed E-state index contributed by atoms with van der Waals surface area (Å²) in [5, 5.41) is 26.4. The fourth-order valence-corrected chi connectivity index (χ4v) is 13.5. The van der Waals surface area contributed by atoms with Crippen molar-refractivity contribution in [3.05, 3.63) is 66.2 Å². The lowest BCUT2D eigenvalue weighted by atomic mass is 10.1. The molecule has 4 N–H and O–H groups in total. The molecule has 0 saturated heterocycles. The quantitative estimate of drug-likeness (QED) is 0.0582. The highest BCUT2D eigenvalue weighted by molar-refractivity contribution is 7.98. The fraction of sp³-hybridized carbons (Fsp3) is 0.225. The van der Waals surface area contributed by atoms with Crippen molar-refractivity contribution in [1.29, 1.82) is 0 Å². The number of thioether (sulfide) groups is 1. The van der Waals surface area contributed by atoms with Gasteiger partial charge < -0.3 is 29.9 Å². The van der Waals surface area contributed by atoms with Gasteiger partial charge in [-0.2, -0.15) is 40.5 Å². The molecule has 9 rings (SSSR count). The molecule has 0 atom stereocenters. The number of anilines is 7. The smallest absolute Gasteiger partial charge is 0.307 e. The highest BCUT2D eigenvalue weighted by Gasteiger charge is 2.29. The average molecular weight is 1050 g/mol. The van der Waals surface area contributed by atoms with Crippen molar-refractivity contribution in [2.45, 2.75) is 40.1 Å². The Hall–Kier alpha value is -5.98. The Morgan fingerprint density at radius 1 is 0.765 bits per heavy atom. The zero-order chi connectivity index (χ0) is 47.9. The number of ether oxygens (including phenoxy) is 2. The summed E-state index contributed by atoms with van der Waals surface area (Å²) in [6.45, 7) is 8.23. The summed E-state index contributed by atoms with van der Waals surface area (Å²) in [6.07, 6.45) is 0.